The van der Waals surface area contributed by atoms with E-state index in [-0.39, 0.29) is 31.9 Å². The van der Waals surface area contributed by atoms with Gasteiger partial charge in [0.15, 0.2) is 0 Å². The lowest BCUT2D eigenvalue weighted by Crippen LogP contribution is -2.33. The molecule has 20 heavy (non-hydrogen) atoms. The van der Waals surface area contributed by atoms with Gasteiger partial charge in [0.25, 0.3) is 0 Å². The van der Waals surface area contributed by atoms with Crippen molar-refractivity contribution in [3.05, 3.63) is 29.3 Å². The van der Waals surface area contributed by atoms with Crippen LogP contribution in [-0.4, -0.2) is 41.6 Å². The number of carboxylic acid groups (broad SMARTS) is 1. The average Bonchev–Trinajstić information content (AvgIpc) is 2.39. The van der Waals surface area contributed by atoms with Gasteiger partial charge in [0, 0.05) is 18.1 Å². The molecular formula is C14H18ClNO4. The maximum absolute atomic E-state index is 11.9. The minimum Gasteiger partial charge on any atom is -0.493 e. The van der Waals surface area contributed by atoms with Crippen molar-refractivity contribution in [2.75, 3.05) is 19.7 Å². The number of rotatable bonds is 8. The molecule has 1 aromatic carbocycles. The van der Waals surface area contributed by atoms with Gasteiger partial charge in [-0.15, -0.1) is 0 Å². The van der Waals surface area contributed by atoms with E-state index < -0.39 is 5.97 Å². The van der Waals surface area contributed by atoms with Crippen LogP contribution >= 0.6 is 11.6 Å². The highest BCUT2D eigenvalue weighted by Gasteiger charge is 2.12. The molecule has 5 nitrogen and oxygen atoms in total. The zero-order valence-corrected chi connectivity index (χ0v) is 12.1. The second kappa shape index (κ2) is 8.43. The summed E-state index contributed by atoms with van der Waals surface area (Å²) in [4.78, 5) is 23.9. The second-order valence-electron chi connectivity index (χ2n) is 4.17. The van der Waals surface area contributed by atoms with Gasteiger partial charge in [-0.1, -0.05) is 17.7 Å². The van der Waals surface area contributed by atoms with Crippen LogP contribution in [-0.2, 0) is 9.59 Å². The molecule has 0 radical (unpaired) electrons. The molecular weight excluding hydrogens is 282 g/mol. The van der Waals surface area contributed by atoms with E-state index in [0.717, 1.165) is 0 Å². The number of hydrogen-bond acceptors (Lipinski definition) is 3. The van der Waals surface area contributed by atoms with Gasteiger partial charge >= 0.3 is 5.97 Å². The molecule has 110 valence electrons. The summed E-state index contributed by atoms with van der Waals surface area (Å²) in [6.07, 6.45) is 0.161. The van der Waals surface area contributed by atoms with E-state index >= 15 is 0 Å². The molecule has 0 saturated carbocycles. The number of carbonyl (C=O) groups excluding carboxylic acids is 1. The van der Waals surface area contributed by atoms with Gasteiger partial charge in [-0.25, -0.2) is 0 Å². The van der Waals surface area contributed by atoms with Gasteiger partial charge in [0.1, 0.15) is 5.75 Å². The lowest BCUT2D eigenvalue weighted by Gasteiger charge is -2.20. The smallest absolute Gasteiger partial charge is 0.305 e. The minimum atomic E-state index is -0.911. The molecule has 0 unspecified atom stereocenters. The van der Waals surface area contributed by atoms with Crippen LogP contribution < -0.4 is 4.74 Å². The Morgan fingerprint density at radius 2 is 2.10 bits per heavy atom. The molecule has 0 aliphatic rings. The third-order valence-electron chi connectivity index (χ3n) is 2.71. The Morgan fingerprint density at radius 3 is 2.70 bits per heavy atom. The predicted molar refractivity (Wildman–Crippen MR) is 76.1 cm³/mol. The lowest BCUT2D eigenvalue weighted by atomic mass is 10.3. The third kappa shape index (κ3) is 5.93. The molecule has 0 aliphatic heterocycles. The summed E-state index contributed by atoms with van der Waals surface area (Å²) in [5.74, 6) is -0.416. The van der Waals surface area contributed by atoms with Crippen LogP contribution in [0.3, 0.4) is 0 Å². The number of ether oxygens (including phenoxy) is 1. The SMILES string of the molecule is CCN(CCC(=O)O)C(=O)CCOc1cccc(Cl)c1. The first-order valence-corrected chi connectivity index (χ1v) is 6.78. The van der Waals surface area contributed by atoms with E-state index in [2.05, 4.69) is 0 Å². The fourth-order valence-corrected chi connectivity index (χ4v) is 1.84. The maximum atomic E-state index is 11.9. The number of carbonyl (C=O) groups is 2. The van der Waals surface area contributed by atoms with Crippen molar-refractivity contribution in [1.29, 1.82) is 0 Å². The molecule has 0 saturated heterocycles. The van der Waals surface area contributed by atoms with E-state index in [1.54, 1.807) is 24.3 Å². The van der Waals surface area contributed by atoms with E-state index in [1.165, 1.54) is 4.90 Å². The van der Waals surface area contributed by atoms with Crippen LogP contribution in [0, 0.1) is 0 Å². The Morgan fingerprint density at radius 1 is 1.35 bits per heavy atom. The van der Waals surface area contributed by atoms with Crippen molar-refractivity contribution >= 4 is 23.5 Å². The Balaban J connectivity index is 2.36. The summed E-state index contributed by atoms with van der Waals surface area (Å²) in [7, 11) is 0. The number of amides is 1. The van der Waals surface area contributed by atoms with Crippen LogP contribution in [0.4, 0.5) is 0 Å². The van der Waals surface area contributed by atoms with Crippen molar-refractivity contribution in [2.45, 2.75) is 19.8 Å². The van der Waals surface area contributed by atoms with E-state index in [4.69, 9.17) is 21.4 Å². The number of aliphatic carboxylic acids is 1. The largest absolute Gasteiger partial charge is 0.493 e. The molecule has 0 aromatic heterocycles. The first-order chi connectivity index (χ1) is 9.52. The van der Waals surface area contributed by atoms with Crippen LogP contribution in [0.1, 0.15) is 19.8 Å². The molecule has 0 bridgehead atoms. The number of halogens is 1. The Bertz CT molecular complexity index is 464. The molecule has 1 rings (SSSR count). The van der Waals surface area contributed by atoms with Crippen molar-refractivity contribution in [3.8, 4) is 5.75 Å². The molecule has 0 atom stereocenters. The zero-order valence-electron chi connectivity index (χ0n) is 11.3. The Hall–Kier alpha value is -1.75. The van der Waals surface area contributed by atoms with Crippen molar-refractivity contribution < 1.29 is 19.4 Å². The number of nitrogens with zero attached hydrogens (tertiary/aromatic N) is 1. The maximum Gasteiger partial charge on any atom is 0.305 e. The first-order valence-electron chi connectivity index (χ1n) is 6.41. The minimum absolute atomic E-state index is 0.0469. The van der Waals surface area contributed by atoms with Crippen LogP contribution in [0.5, 0.6) is 5.75 Å². The summed E-state index contributed by atoms with van der Waals surface area (Å²) in [5, 5.41) is 9.19. The zero-order chi connectivity index (χ0) is 15.0. The van der Waals surface area contributed by atoms with Gasteiger partial charge < -0.3 is 14.7 Å². The highest BCUT2D eigenvalue weighted by molar-refractivity contribution is 6.30. The number of hydrogen-bond donors (Lipinski definition) is 1. The third-order valence-corrected chi connectivity index (χ3v) is 2.95. The van der Waals surface area contributed by atoms with Crippen molar-refractivity contribution in [3.63, 3.8) is 0 Å². The number of carboxylic acids is 1. The van der Waals surface area contributed by atoms with E-state index in [9.17, 15) is 9.59 Å². The Labute approximate surface area is 123 Å². The second-order valence-corrected chi connectivity index (χ2v) is 4.61. The standard InChI is InChI=1S/C14H18ClNO4/c1-2-16(8-6-14(18)19)13(17)7-9-20-12-5-3-4-11(15)10-12/h3-5,10H,2,6-9H2,1H3,(H,18,19). The monoisotopic (exact) mass is 299 g/mol. The van der Waals surface area contributed by atoms with E-state index in [1.807, 2.05) is 6.92 Å². The molecule has 1 amide bonds. The predicted octanol–water partition coefficient (Wildman–Crippen LogP) is 2.43. The van der Waals surface area contributed by atoms with Gasteiger partial charge in [0.2, 0.25) is 5.91 Å². The van der Waals surface area contributed by atoms with Crippen LogP contribution in [0.25, 0.3) is 0 Å². The summed E-state index contributed by atoms with van der Waals surface area (Å²) >= 11 is 5.82. The molecule has 0 aliphatic carbocycles. The van der Waals surface area contributed by atoms with Crippen LogP contribution in [0.2, 0.25) is 5.02 Å². The van der Waals surface area contributed by atoms with Crippen molar-refractivity contribution in [2.24, 2.45) is 0 Å². The average molecular weight is 300 g/mol. The molecule has 0 fully saturated rings. The molecule has 6 heteroatoms. The first kappa shape index (κ1) is 16.3. The Kier molecular flexibility index (Phi) is 6.87. The van der Waals surface area contributed by atoms with Gasteiger partial charge in [-0.2, -0.15) is 0 Å². The summed E-state index contributed by atoms with van der Waals surface area (Å²) < 4.78 is 5.43. The highest BCUT2D eigenvalue weighted by atomic mass is 35.5. The van der Waals surface area contributed by atoms with Gasteiger partial charge in [0.05, 0.1) is 19.4 Å². The summed E-state index contributed by atoms with van der Waals surface area (Å²) in [6, 6.07) is 6.95. The summed E-state index contributed by atoms with van der Waals surface area (Å²) in [6.45, 7) is 2.77. The lowest BCUT2D eigenvalue weighted by molar-refractivity contribution is -0.138. The van der Waals surface area contributed by atoms with E-state index in [0.29, 0.717) is 17.3 Å². The van der Waals surface area contributed by atoms with Crippen LogP contribution in [0.15, 0.2) is 24.3 Å². The normalized spacial score (nSPS) is 10.1. The molecule has 0 heterocycles. The molecule has 1 aromatic rings. The van der Waals surface area contributed by atoms with Gasteiger partial charge in [-0.3, -0.25) is 9.59 Å². The molecule has 1 N–H and O–H groups in total. The number of benzene rings is 1. The topological polar surface area (TPSA) is 66.8 Å². The highest BCUT2D eigenvalue weighted by Crippen LogP contribution is 2.17. The quantitative estimate of drug-likeness (QED) is 0.800. The molecule has 0 spiro atoms. The van der Waals surface area contributed by atoms with Gasteiger partial charge in [-0.05, 0) is 25.1 Å². The summed E-state index contributed by atoms with van der Waals surface area (Å²) in [5.41, 5.74) is 0. The fourth-order valence-electron chi connectivity index (χ4n) is 1.66. The van der Waals surface area contributed by atoms with Crippen molar-refractivity contribution in [1.82, 2.24) is 4.90 Å². The fraction of sp³-hybridized carbons (Fsp3) is 0.429.